The number of nitrogens with zero attached hydrogens (tertiary/aromatic N) is 3. The number of anilines is 1. The van der Waals surface area contributed by atoms with Crippen molar-refractivity contribution >= 4 is 29.1 Å². The fraction of sp³-hybridized carbons (Fsp3) is 0.259. The van der Waals surface area contributed by atoms with Gasteiger partial charge in [-0.1, -0.05) is 55.9 Å². The second-order valence-electron chi connectivity index (χ2n) is 8.61. The molecule has 0 radical (unpaired) electrons. The Hall–Kier alpha value is -3.65. The van der Waals surface area contributed by atoms with E-state index in [1.54, 1.807) is 30.5 Å². The number of Topliss-reactive ketones (excluding diaryl/α,β-unsaturated/α-hetero) is 1. The van der Waals surface area contributed by atoms with Crippen LogP contribution in [-0.2, 0) is 11.3 Å². The van der Waals surface area contributed by atoms with Gasteiger partial charge in [0.15, 0.2) is 16.8 Å². The van der Waals surface area contributed by atoms with Crippen molar-refractivity contribution in [2.24, 2.45) is 5.92 Å². The van der Waals surface area contributed by atoms with Crippen LogP contribution in [0.1, 0.15) is 42.5 Å². The SMILES string of the molecule is Cc1occc1-c1nnc(SC(C)C(=O)c2ccc(NC(=O)C(C)C)cc2)n1Cc1ccccc1. The summed E-state index contributed by atoms with van der Waals surface area (Å²) >= 11 is 1.37. The zero-order valence-corrected chi connectivity index (χ0v) is 21.0. The Morgan fingerprint density at radius 1 is 1.00 bits per heavy atom. The van der Waals surface area contributed by atoms with Gasteiger partial charge < -0.3 is 9.73 Å². The van der Waals surface area contributed by atoms with Crippen LogP contribution in [0.4, 0.5) is 5.69 Å². The largest absolute Gasteiger partial charge is 0.469 e. The van der Waals surface area contributed by atoms with Crippen LogP contribution < -0.4 is 5.32 Å². The summed E-state index contributed by atoms with van der Waals surface area (Å²) in [5, 5.41) is 12.0. The third-order valence-electron chi connectivity index (χ3n) is 5.61. The molecule has 4 rings (SSSR count). The average Bonchev–Trinajstić information content (AvgIpc) is 3.45. The van der Waals surface area contributed by atoms with Crippen molar-refractivity contribution in [1.82, 2.24) is 14.8 Å². The molecule has 0 saturated heterocycles. The molecule has 1 N–H and O–H groups in total. The van der Waals surface area contributed by atoms with Crippen molar-refractivity contribution in [2.45, 2.75) is 44.6 Å². The first kappa shape index (κ1) is 24.5. The molecule has 2 aromatic carbocycles. The highest BCUT2D eigenvalue weighted by atomic mass is 32.2. The first-order valence-electron chi connectivity index (χ1n) is 11.5. The molecule has 180 valence electrons. The van der Waals surface area contributed by atoms with Crippen LogP contribution >= 0.6 is 11.8 Å². The van der Waals surface area contributed by atoms with Gasteiger partial charge in [0.2, 0.25) is 5.91 Å². The van der Waals surface area contributed by atoms with Crippen molar-refractivity contribution in [2.75, 3.05) is 5.32 Å². The fourth-order valence-corrected chi connectivity index (χ4v) is 4.48. The Bertz CT molecular complexity index is 1310. The summed E-state index contributed by atoms with van der Waals surface area (Å²) < 4.78 is 7.51. The second-order valence-corrected chi connectivity index (χ2v) is 9.92. The molecule has 8 heteroatoms. The summed E-state index contributed by atoms with van der Waals surface area (Å²) in [4.78, 5) is 25.1. The molecule has 0 fully saturated rings. The normalized spacial score (nSPS) is 12.0. The smallest absolute Gasteiger partial charge is 0.226 e. The van der Waals surface area contributed by atoms with E-state index in [1.807, 2.05) is 56.5 Å². The molecule has 0 aliphatic carbocycles. The summed E-state index contributed by atoms with van der Waals surface area (Å²) in [6.45, 7) is 8.00. The zero-order chi connectivity index (χ0) is 24.9. The van der Waals surface area contributed by atoms with Crippen molar-refractivity contribution in [1.29, 1.82) is 0 Å². The Kier molecular flexibility index (Phi) is 7.51. The lowest BCUT2D eigenvalue weighted by molar-refractivity contribution is -0.118. The lowest BCUT2D eigenvalue weighted by Gasteiger charge is -2.14. The van der Waals surface area contributed by atoms with Gasteiger partial charge in [0, 0.05) is 17.2 Å². The summed E-state index contributed by atoms with van der Waals surface area (Å²) in [6, 6.07) is 18.9. The molecule has 0 spiro atoms. The van der Waals surface area contributed by atoms with Crippen LogP contribution in [0.3, 0.4) is 0 Å². The van der Waals surface area contributed by atoms with Gasteiger partial charge in [0.25, 0.3) is 0 Å². The van der Waals surface area contributed by atoms with Crippen LogP contribution in [0.2, 0.25) is 0 Å². The highest BCUT2D eigenvalue weighted by Gasteiger charge is 2.23. The van der Waals surface area contributed by atoms with Crippen LogP contribution in [0.15, 0.2) is 76.5 Å². The van der Waals surface area contributed by atoms with Crippen molar-refractivity contribution < 1.29 is 14.0 Å². The molecule has 1 amide bonds. The molecule has 0 aliphatic heterocycles. The van der Waals surface area contributed by atoms with Gasteiger partial charge in [0.1, 0.15) is 5.76 Å². The maximum absolute atomic E-state index is 13.2. The number of furan rings is 1. The van der Waals surface area contributed by atoms with Crippen LogP contribution in [0.5, 0.6) is 0 Å². The van der Waals surface area contributed by atoms with Crippen molar-refractivity contribution in [3.8, 4) is 11.4 Å². The fourth-order valence-electron chi connectivity index (χ4n) is 3.55. The van der Waals surface area contributed by atoms with Crippen LogP contribution in [0.25, 0.3) is 11.4 Å². The molecule has 1 atom stereocenters. The second kappa shape index (κ2) is 10.7. The van der Waals surface area contributed by atoms with E-state index in [1.165, 1.54) is 11.8 Å². The third kappa shape index (κ3) is 5.71. The molecule has 0 saturated carbocycles. The number of amides is 1. The molecule has 2 heterocycles. The number of thioether (sulfide) groups is 1. The average molecular weight is 489 g/mol. The predicted octanol–water partition coefficient (Wildman–Crippen LogP) is 5.85. The van der Waals surface area contributed by atoms with Gasteiger partial charge in [-0.2, -0.15) is 0 Å². The number of ketones is 1. The van der Waals surface area contributed by atoms with Gasteiger partial charge >= 0.3 is 0 Å². The van der Waals surface area contributed by atoms with Gasteiger partial charge in [-0.15, -0.1) is 10.2 Å². The van der Waals surface area contributed by atoms with E-state index >= 15 is 0 Å². The predicted molar refractivity (Wildman–Crippen MR) is 138 cm³/mol. The number of carbonyl (C=O) groups is 2. The first-order valence-corrected chi connectivity index (χ1v) is 12.3. The van der Waals surface area contributed by atoms with E-state index in [4.69, 9.17) is 4.42 Å². The summed E-state index contributed by atoms with van der Waals surface area (Å²) in [5.74, 6) is 1.27. The van der Waals surface area contributed by atoms with Crippen LogP contribution in [-0.4, -0.2) is 31.7 Å². The van der Waals surface area contributed by atoms with Gasteiger partial charge in [0.05, 0.1) is 23.6 Å². The Balaban J connectivity index is 1.55. The number of hydrogen-bond donors (Lipinski definition) is 1. The third-order valence-corrected chi connectivity index (χ3v) is 6.69. The Morgan fingerprint density at radius 3 is 2.34 bits per heavy atom. The number of rotatable bonds is 9. The van der Waals surface area contributed by atoms with E-state index in [-0.39, 0.29) is 22.9 Å². The van der Waals surface area contributed by atoms with E-state index < -0.39 is 0 Å². The molecule has 35 heavy (non-hydrogen) atoms. The highest BCUT2D eigenvalue weighted by molar-refractivity contribution is 8.00. The number of aryl methyl sites for hydroxylation is 1. The van der Waals surface area contributed by atoms with E-state index in [0.717, 1.165) is 16.9 Å². The molecule has 2 aromatic heterocycles. The topological polar surface area (TPSA) is 90.0 Å². The van der Waals surface area contributed by atoms with E-state index in [2.05, 4.69) is 27.6 Å². The zero-order valence-electron chi connectivity index (χ0n) is 20.2. The summed E-state index contributed by atoms with van der Waals surface area (Å²) in [6.07, 6.45) is 1.64. The lowest BCUT2D eigenvalue weighted by Crippen LogP contribution is -2.18. The number of nitrogens with one attached hydrogen (secondary N) is 1. The van der Waals surface area contributed by atoms with Crippen molar-refractivity contribution in [3.05, 3.63) is 83.8 Å². The molecular formula is C27H28N4O3S. The Morgan fingerprint density at radius 2 is 1.71 bits per heavy atom. The Labute approximate surface area is 209 Å². The van der Waals surface area contributed by atoms with Crippen molar-refractivity contribution in [3.63, 3.8) is 0 Å². The van der Waals surface area contributed by atoms with Gasteiger partial charge in [-0.3, -0.25) is 14.2 Å². The maximum Gasteiger partial charge on any atom is 0.226 e. The molecule has 0 aliphatic rings. The molecule has 7 nitrogen and oxygen atoms in total. The molecule has 0 bridgehead atoms. The van der Waals surface area contributed by atoms with E-state index in [9.17, 15) is 9.59 Å². The van der Waals surface area contributed by atoms with E-state index in [0.29, 0.717) is 28.8 Å². The number of hydrogen-bond acceptors (Lipinski definition) is 6. The maximum atomic E-state index is 13.2. The summed E-state index contributed by atoms with van der Waals surface area (Å²) in [7, 11) is 0. The number of carbonyl (C=O) groups excluding carboxylic acids is 2. The highest BCUT2D eigenvalue weighted by Crippen LogP contribution is 2.31. The minimum atomic E-state index is -0.386. The van der Waals surface area contributed by atoms with Gasteiger partial charge in [-0.25, -0.2) is 0 Å². The quantitative estimate of drug-likeness (QED) is 0.235. The molecular weight excluding hydrogens is 460 g/mol. The lowest BCUT2D eigenvalue weighted by atomic mass is 10.1. The number of aromatic nitrogens is 3. The minimum Gasteiger partial charge on any atom is -0.469 e. The standard InChI is InChI=1S/C27H28N4O3S/c1-17(2)26(33)28-22-12-10-21(11-13-22)24(32)19(4)35-27-30-29-25(23-14-15-34-18(23)3)31(27)16-20-8-6-5-7-9-20/h5-15,17,19H,16H2,1-4H3,(H,28,33). The molecule has 4 aromatic rings. The monoisotopic (exact) mass is 488 g/mol. The molecule has 1 unspecified atom stereocenters. The number of benzene rings is 2. The van der Waals surface area contributed by atoms with Crippen LogP contribution in [0, 0.1) is 12.8 Å². The van der Waals surface area contributed by atoms with Gasteiger partial charge in [-0.05, 0) is 49.7 Å². The summed E-state index contributed by atoms with van der Waals surface area (Å²) in [5.41, 5.74) is 3.23. The first-order chi connectivity index (χ1) is 16.8. The minimum absolute atomic E-state index is 0.0213.